The highest BCUT2D eigenvalue weighted by atomic mass is 16.2. The van der Waals surface area contributed by atoms with Gasteiger partial charge in [0.1, 0.15) is 6.04 Å². The van der Waals surface area contributed by atoms with Crippen LogP contribution in [0.5, 0.6) is 0 Å². The summed E-state index contributed by atoms with van der Waals surface area (Å²) in [6.07, 6.45) is 16.5. The van der Waals surface area contributed by atoms with Crippen LogP contribution in [0.25, 0.3) is 0 Å². The molecule has 1 heterocycles. The molecule has 27 heavy (non-hydrogen) atoms. The molecule has 6 aliphatic rings. The Morgan fingerprint density at radius 2 is 1.37 bits per heavy atom. The maximum Gasteiger partial charge on any atom is 0.243 e. The fourth-order valence-electron chi connectivity index (χ4n) is 7.68. The van der Waals surface area contributed by atoms with Crippen molar-refractivity contribution in [1.29, 1.82) is 0 Å². The van der Waals surface area contributed by atoms with E-state index in [1.54, 1.807) is 0 Å². The van der Waals surface area contributed by atoms with Gasteiger partial charge < -0.3 is 10.2 Å². The zero-order valence-corrected chi connectivity index (χ0v) is 16.8. The summed E-state index contributed by atoms with van der Waals surface area (Å²) in [4.78, 5) is 28.8. The van der Waals surface area contributed by atoms with E-state index in [0.29, 0.717) is 11.9 Å². The summed E-state index contributed by atoms with van der Waals surface area (Å²) in [7, 11) is 0. The number of nitrogens with zero attached hydrogens (tertiary/aromatic N) is 1. The third kappa shape index (κ3) is 3.31. The van der Waals surface area contributed by atoms with Crippen molar-refractivity contribution in [2.75, 3.05) is 6.54 Å². The van der Waals surface area contributed by atoms with Crippen molar-refractivity contribution in [3.05, 3.63) is 0 Å². The average Bonchev–Trinajstić information content (AvgIpc) is 2.98. The van der Waals surface area contributed by atoms with Crippen molar-refractivity contribution < 1.29 is 9.59 Å². The highest BCUT2D eigenvalue weighted by molar-refractivity contribution is 5.91. The summed E-state index contributed by atoms with van der Waals surface area (Å²) in [5.41, 5.74) is -0.111. The number of hydrogen-bond acceptors (Lipinski definition) is 2. The second-order valence-corrected chi connectivity index (χ2v) is 10.6. The first-order valence-corrected chi connectivity index (χ1v) is 11.7. The highest BCUT2D eigenvalue weighted by Gasteiger charge is 2.56. The van der Waals surface area contributed by atoms with Crippen LogP contribution >= 0.6 is 0 Å². The van der Waals surface area contributed by atoms with Gasteiger partial charge in [-0.25, -0.2) is 0 Å². The van der Waals surface area contributed by atoms with E-state index in [1.165, 1.54) is 44.9 Å². The average molecular weight is 373 g/mol. The highest BCUT2D eigenvalue weighted by Crippen LogP contribution is 2.60. The fourth-order valence-corrected chi connectivity index (χ4v) is 7.68. The summed E-state index contributed by atoms with van der Waals surface area (Å²) in [6.45, 7) is 0.795. The van der Waals surface area contributed by atoms with Gasteiger partial charge in [0, 0.05) is 12.6 Å². The van der Waals surface area contributed by atoms with Gasteiger partial charge >= 0.3 is 0 Å². The number of rotatable bonds is 3. The summed E-state index contributed by atoms with van der Waals surface area (Å²) in [5.74, 6) is 2.82. The Hall–Kier alpha value is -1.06. The lowest BCUT2D eigenvalue weighted by Crippen LogP contribution is -2.57. The Bertz CT molecular complexity index is 558. The molecule has 0 radical (unpaired) electrons. The Kier molecular flexibility index (Phi) is 4.72. The van der Waals surface area contributed by atoms with E-state index in [4.69, 9.17) is 0 Å². The van der Waals surface area contributed by atoms with E-state index in [0.717, 1.165) is 69.2 Å². The first kappa shape index (κ1) is 18.0. The van der Waals surface area contributed by atoms with Gasteiger partial charge in [-0.2, -0.15) is 0 Å². The van der Waals surface area contributed by atoms with Crippen LogP contribution in [0, 0.1) is 23.2 Å². The van der Waals surface area contributed by atoms with Crippen molar-refractivity contribution in [2.45, 2.75) is 102 Å². The van der Waals surface area contributed by atoms with Crippen LogP contribution in [0.15, 0.2) is 0 Å². The first-order valence-electron chi connectivity index (χ1n) is 11.7. The monoisotopic (exact) mass is 372 g/mol. The van der Waals surface area contributed by atoms with E-state index < -0.39 is 0 Å². The lowest BCUT2D eigenvalue weighted by Gasteiger charge is -2.56. The number of carbonyl (C=O) groups excluding carboxylic acids is 2. The number of hydrogen-bond donors (Lipinski definition) is 1. The number of amides is 2. The number of carbonyl (C=O) groups is 2. The molecule has 0 aromatic heterocycles. The zero-order valence-electron chi connectivity index (χ0n) is 16.8. The quantitative estimate of drug-likeness (QED) is 0.760. The van der Waals surface area contributed by atoms with Gasteiger partial charge in [0.15, 0.2) is 0 Å². The summed E-state index contributed by atoms with van der Waals surface area (Å²) in [5, 5.41) is 3.33. The van der Waals surface area contributed by atoms with Gasteiger partial charge in [-0.15, -0.1) is 0 Å². The molecule has 0 aromatic rings. The third-order valence-corrected chi connectivity index (χ3v) is 8.51. The Morgan fingerprint density at radius 1 is 0.778 bits per heavy atom. The minimum atomic E-state index is -0.200. The Labute approximate surface area is 163 Å². The molecule has 4 bridgehead atoms. The van der Waals surface area contributed by atoms with Gasteiger partial charge in [-0.05, 0) is 82.0 Å². The summed E-state index contributed by atoms with van der Waals surface area (Å²) >= 11 is 0. The normalized spacial score (nSPS) is 41.6. The van der Waals surface area contributed by atoms with Crippen LogP contribution in [0.4, 0.5) is 0 Å². The SMILES string of the molecule is O=C(NC1CCCCCC1)C1CCCN1C(=O)C12CC3CC(CC(C3)C1)C2. The molecular weight excluding hydrogens is 336 g/mol. The Morgan fingerprint density at radius 3 is 1.96 bits per heavy atom. The maximum absolute atomic E-state index is 13.7. The van der Waals surface area contributed by atoms with E-state index in [-0.39, 0.29) is 17.4 Å². The summed E-state index contributed by atoms with van der Waals surface area (Å²) < 4.78 is 0. The van der Waals surface area contributed by atoms with Gasteiger partial charge in [0.05, 0.1) is 5.41 Å². The molecule has 5 saturated carbocycles. The molecule has 0 spiro atoms. The standard InChI is InChI=1S/C23H36N2O2/c26-21(24-19-6-3-1-2-4-7-19)20-8-5-9-25(20)22(27)23-13-16-10-17(14-23)12-18(11-16)15-23/h16-20H,1-15H2,(H,24,26). The van der Waals surface area contributed by atoms with Crippen molar-refractivity contribution in [3.8, 4) is 0 Å². The molecule has 150 valence electrons. The molecule has 1 saturated heterocycles. The molecule has 2 amide bonds. The van der Waals surface area contributed by atoms with Crippen molar-refractivity contribution in [3.63, 3.8) is 0 Å². The van der Waals surface area contributed by atoms with E-state index in [2.05, 4.69) is 5.32 Å². The smallest absolute Gasteiger partial charge is 0.243 e. The van der Waals surface area contributed by atoms with Crippen LogP contribution < -0.4 is 5.32 Å². The minimum absolute atomic E-state index is 0.111. The minimum Gasteiger partial charge on any atom is -0.352 e. The molecule has 1 aliphatic heterocycles. The topological polar surface area (TPSA) is 49.4 Å². The maximum atomic E-state index is 13.7. The van der Waals surface area contributed by atoms with Crippen molar-refractivity contribution in [2.24, 2.45) is 23.2 Å². The molecule has 4 heteroatoms. The van der Waals surface area contributed by atoms with Gasteiger partial charge in [0.25, 0.3) is 0 Å². The fraction of sp³-hybridized carbons (Fsp3) is 0.913. The van der Waals surface area contributed by atoms with E-state index in [9.17, 15) is 9.59 Å². The molecule has 4 nitrogen and oxygen atoms in total. The lowest BCUT2D eigenvalue weighted by molar-refractivity contribution is -0.160. The number of nitrogens with one attached hydrogen (secondary N) is 1. The zero-order chi connectivity index (χ0) is 18.4. The predicted octanol–water partition coefficient (Wildman–Crippen LogP) is 4.03. The van der Waals surface area contributed by atoms with Crippen LogP contribution in [0.1, 0.15) is 89.9 Å². The Balaban J connectivity index is 1.28. The molecule has 1 unspecified atom stereocenters. The molecule has 0 aromatic carbocycles. The second kappa shape index (κ2) is 7.08. The van der Waals surface area contributed by atoms with Gasteiger partial charge in [0.2, 0.25) is 11.8 Å². The summed E-state index contributed by atoms with van der Waals surface area (Å²) in [6, 6.07) is 0.130. The van der Waals surface area contributed by atoms with E-state index in [1.807, 2.05) is 4.90 Å². The van der Waals surface area contributed by atoms with Crippen LogP contribution in [-0.4, -0.2) is 35.3 Å². The van der Waals surface area contributed by atoms with Gasteiger partial charge in [-0.3, -0.25) is 9.59 Å². The molecule has 1 atom stereocenters. The lowest BCUT2D eigenvalue weighted by atomic mass is 9.49. The van der Waals surface area contributed by atoms with Crippen molar-refractivity contribution in [1.82, 2.24) is 10.2 Å². The van der Waals surface area contributed by atoms with Crippen molar-refractivity contribution >= 4 is 11.8 Å². The van der Waals surface area contributed by atoms with Gasteiger partial charge in [-0.1, -0.05) is 25.7 Å². The van der Waals surface area contributed by atoms with Crippen LogP contribution in [0.2, 0.25) is 0 Å². The first-order chi connectivity index (χ1) is 13.1. The number of likely N-dealkylation sites (tertiary alicyclic amines) is 1. The third-order valence-electron chi connectivity index (χ3n) is 8.51. The molecule has 6 fully saturated rings. The largest absolute Gasteiger partial charge is 0.352 e. The van der Waals surface area contributed by atoms with Crippen LogP contribution in [0.3, 0.4) is 0 Å². The molecule has 6 rings (SSSR count). The molecule has 1 N–H and O–H groups in total. The predicted molar refractivity (Wildman–Crippen MR) is 105 cm³/mol. The second-order valence-electron chi connectivity index (χ2n) is 10.6. The van der Waals surface area contributed by atoms with Crippen LogP contribution in [-0.2, 0) is 9.59 Å². The molecule has 5 aliphatic carbocycles. The molecular formula is C23H36N2O2. The van der Waals surface area contributed by atoms with E-state index >= 15 is 0 Å².